The fourth-order valence-corrected chi connectivity index (χ4v) is 3.43. The van der Waals surface area contributed by atoms with Crippen LogP contribution in [0.3, 0.4) is 0 Å². The molecule has 0 saturated heterocycles. The van der Waals surface area contributed by atoms with Gasteiger partial charge in [0.2, 0.25) is 0 Å². The molecule has 1 aliphatic carbocycles. The summed E-state index contributed by atoms with van der Waals surface area (Å²) in [4.78, 5) is 0. The smallest absolute Gasteiger partial charge is 0.00889 e. The summed E-state index contributed by atoms with van der Waals surface area (Å²) in [6, 6.07) is 13.4. The molecule has 0 radical (unpaired) electrons. The van der Waals surface area contributed by atoms with E-state index >= 15 is 0 Å². The first kappa shape index (κ1) is 9.89. The molecule has 0 heterocycles. The normalized spacial score (nSPS) is 22.3. The van der Waals surface area contributed by atoms with Crippen molar-refractivity contribution in [2.24, 2.45) is 0 Å². The molecular formula is C16H18. The molecule has 0 aromatic heterocycles. The standard InChI is InChI=1S/C16H18/c1-11-10-16(2,3)15-13(11)9-8-12-6-4-5-7-14(12)15/h4-9,11H,10H2,1-3H3. The zero-order valence-electron chi connectivity index (χ0n) is 10.2. The highest BCUT2D eigenvalue weighted by molar-refractivity contribution is 5.88. The fourth-order valence-electron chi connectivity index (χ4n) is 3.43. The van der Waals surface area contributed by atoms with Crippen molar-refractivity contribution < 1.29 is 0 Å². The predicted molar refractivity (Wildman–Crippen MR) is 70.0 cm³/mol. The summed E-state index contributed by atoms with van der Waals surface area (Å²) in [5.74, 6) is 0.703. The SMILES string of the molecule is CC1CC(C)(C)c2c1ccc1ccccc21. The summed E-state index contributed by atoms with van der Waals surface area (Å²) in [5.41, 5.74) is 3.47. The molecule has 3 rings (SSSR count). The van der Waals surface area contributed by atoms with Crippen molar-refractivity contribution in [3.8, 4) is 0 Å². The van der Waals surface area contributed by atoms with E-state index in [1.165, 1.54) is 17.2 Å². The van der Waals surface area contributed by atoms with E-state index in [9.17, 15) is 0 Å². The Morgan fingerprint density at radius 3 is 2.62 bits per heavy atom. The lowest BCUT2D eigenvalue weighted by molar-refractivity contribution is 0.492. The number of benzene rings is 2. The third-order valence-electron chi connectivity index (χ3n) is 3.99. The van der Waals surface area contributed by atoms with E-state index in [1.54, 1.807) is 11.1 Å². The Morgan fingerprint density at radius 2 is 1.81 bits per heavy atom. The Labute approximate surface area is 97.3 Å². The van der Waals surface area contributed by atoms with Crippen LogP contribution in [-0.4, -0.2) is 0 Å². The molecule has 1 atom stereocenters. The summed E-state index contributed by atoms with van der Waals surface area (Å²) in [6.45, 7) is 7.10. The van der Waals surface area contributed by atoms with E-state index in [0.29, 0.717) is 11.3 Å². The van der Waals surface area contributed by atoms with E-state index < -0.39 is 0 Å². The van der Waals surface area contributed by atoms with Gasteiger partial charge in [0, 0.05) is 0 Å². The molecular weight excluding hydrogens is 192 g/mol. The van der Waals surface area contributed by atoms with E-state index in [0.717, 1.165) is 0 Å². The number of fused-ring (bicyclic) bond motifs is 3. The van der Waals surface area contributed by atoms with Gasteiger partial charge in [0.1, 0.15) is 0 Å². The third-order valence-corrected chi connectivity index (χ3v) is 3.99. The van der Waals surface area contributed by atoms with E-state index in [-0.39, 0.29) is 0 Å². The molecule has 2 aromatic rings. The van der Waals surface area contributed by atoms with Gasteiger partial charge < -0.3 is 0 Å². The molecule has 0 heteroatoms. The average Bonchev–Trinajstić information content (AvgIpc) is 2.49. The fraction of sp³-hybridized carbons (Fsp3) is 0.375. The minimum atomic E-state index is 0.329. The zero-order valence-corrected chi connectivity index (χ0v) is 10.2. The first-order valence-corrected chi connectivity index (χ1v) is 6.12. The van der Waals surface area contributed by atoms with E-state index in [1.807, 2.05) is 0 Å². The van der Waals surface area contributed by atoms with Crippen molar-refractivity contribution in [3.05, 3.63) is 47.5 Å². The quantitative estimate of drug-likeness (QED) is 0.595. The Bertz CT molecular complexity index is 549. The minimum absolute atomic E-state index is 0.329. The van der Waals surface area contributed by atoms with Crippen molar-refractivity contribution in [3.63, 3.8) is 0 Å². The molecule has 2 aromatic carbocycles. The second-order valence-corrected chi connectivity index (χ2v) is 5.74. The molecule has 0 amide bonds. The number of rotatable bonds is 0. The summed E-state index contributed by atoms with van der Waals surface area (Å²) >= 11 is 0. The van der Waals surface area contributed by atoms with Crippen molar-refractivity contribution >= 4 is 10.8 Å². The molecule has 16 heavy (non-hydrogen) atoms. The monoisotopic (exact) mass is 210 g/mol. The largest absolute Gasteiger partial charge is 0.0616 e. The Morgan fingerprint density at radius 1 is 1.06 bits per heavy atom. The number of hydrogen-bond acceptors (Lipinski definition) is 0. The van der Waals surface area contributed by atoms with Gasteiger partial charge >= 0.3 is 0 Å². The van der Waals surface area contributed by atoms with Crippen molar-refractivity contribution in [2.75, 3.05) is 0 Å². The molecule has 0 nitrogen and oxygen atoms in total. The van der Waals surface area contributed by atoms with Gasteiger partial charge in [-0.3, -0.25) is 0 Å². The van der Waals surface area contributed by atoms with E-state index in [4.69, 9.17) is 0 Å². The topological polar surface area (TPSA) is 0 Å². The molecule has 0 N–H and O–H groups in total. The predicted octanol–water partition coefficient (Wildman–Crippen LogP) is 4.62. The summed E-state index contributed by atoms with van der Waals surface area (Å²) in [7, 11) is 0. The van der Waals surface area contributed by atoms with Gasteiger partial charge in [-0.05, 0) is 39.7 Å². The van der Waals surface area contributed by atoms with Gasteiger partial charge in [-0.15, -0.1) is 0 Å². The average molecular weight is 210 g/mol. The second-order valence-electron chi connectivity index (χ2n) is 5.74. The molecule has 1 unspecified atom stereocenters. The van der Waals surface area contributed by atoms with Crippen LogP contribution in [-0.2, 0) is 5.41 Å². The van der Waals surface area contributed by atoms with Crippen molar-refractivity contribution in [1.29, 1.82) is 0 Å². The van der Waals surface area contributed by atoms with Gasteiger partial charge in [0.05, 0.1) is 0 Å². The molecule has 0 aliphatic heterocycles. The van der Waals surface area contributed by atoms with Gasteiger partial charge in [-0.25, -0.2) is 0 Å². The first-order chi connectivity index (χ1) is 7.59. The minimum Gasteiger partial charge on any atom is -0.0616 e. The third kappa shape index (κ3) is 1.22. The van der Waals surface area contributed by atoms with E-state index in [2.05, 4.69) is 57.2 Å². The molecule has 0 spiro atoms. The van der Waals surface area contributed by atoms with Crippen LogP contribution in [0.5, 0.6) is 0 Å². The van der Waals surface area contributed by atoms with Crippen molar-refractivity contribution in [2.45, 2.75) is 38.5 Å². The van der Waals surface area contributed by atoms with Crippen LogP contribution in [0.25, 0.3) is 10.8 Å². The lowest BCUT2D eigenvalue weighted by Crippen LogP contribution is -2.12. The molecule has 1 aliphatic rings. The molecule has 82 valence electrons. The maximum atomic E-state index is 2.38. The van der Waals surface area contributed by atoms with Crippen LogP contribution in [0.4, 0.5) is 0 Å². The number of hydrogen-bond donors (Lipinski definition) is 0. The highest BCUT2D eigenvalue weighted by atomic mass is 14.4. The zero-order chi connectivity index (χ0) is 11.3. The maximum absolute atomic E-state index is 2.38. The highest BCUT2D eigenvalue weighted by Crippen LogP contribution is 2.48. The Kier molecular flexibility index (Phi) is 1.92. The molecule has 0 bridgehead atoms. The first-order valence-electron chi connectivity index (χ1n) is 6.12. The summed E-state index contributed by atoms with van der Waals surface area (Å²) in [5, 5.41) is 2.83. The van der Waals surface area contributed by atoms with Crippen LogP contribution in [0.2, 0.25) is 0 Å². The summed E-state index contributed by atoms with van der Waals surface area (Å²) < 4.78 is 0. The summed E-state index contributed by atoms with van der Waals surface area (Å²) in [6.07, 6.45) is 1.27. The van der Waals surface area contributed by atoms with Crippen LogP contribution in [0.1, 0.15) is 44.2 Å². The lowest BCUT2D eigenvalue weighted by atomic mass is 9.83. The van der Waals surface area contributed by atoms with Crippen LogP contribution in [0, 0.1) is 0 Å². The lowest BCUT2D eigenvalue weighted by Gasteiger charge is -2.21. The molecule has 0 saturated carbocycles. The Hall–Kier alpha value is -1.30. The van der Waals surface area contributed by atoms with Gasteiger partial charge in [0.25, 0.3) is 0 Å². The highest BCUT2D eigenvalue weighted by Gasteiger charge is 2.35. The van der Waals surface area contributed by atoms with Gasteiger partial charge in [-0.1, -0.05) is 57.2 Å². The second kappa shape index (κ2) is 3.10. The van der Waals surface area contributed by atoms with Gasteiger partial charge in [-0.2, -0.15) is 0 Å². The Balaban J connectivity index is 2.42. The van der Waals surface area contributed by atoms with Crippen LogP contribution in [0.15, 0.2) is 36.4 Å². The maximum Gasteiger partial charge on any atom is -0.00889 e. The van der Waals surface area contributed by atoms with Crippen LogP contribution < -0.4 is 0 Å². The van der Waals surface area contributed by atoms with Crippen LogP contribution >= 0.6 is 0 Å². The van der Waals surface area contributed by atoms with Crippen molar-refractivity contribution in [1.82, 2.24) is 0 Å². The molecule has 0 fully saturated rings. The van der Waals surface area contributed by atoms with Gasteiger partial charge in [0.15, 0.2) is 0 Å².